The topological polar surface area (TPSA) is 114 Å². The molecule has 1 spiro atoms. The van der Waals surface area contributed by atoms with E-state index in [1.54, 1.807) is 24.8 Å². The number of rotatable bonds is 7. The molecule has 222 valence electrons. The second-order valence-corrected chi connectivity index (χ2v) is 12.5. The number of hydrogen-bond donors (Lipinski definition) is 2. The van der Waals surface area contributed by atoms with Crippen LogP contribution in [-0.4, -0.2) is 40.1 Å². The summed E-state index contributed by atoms with van der Waals surface area (Å²) in [5, 5.41) is 9.74. The van der Waals surface area contributed by atoms with Crippen LogP contribution in [0.2, 0.25) is 0 Å². The molecule has 3 fully saturated rings. The van der Waals surface area contributed by atoms with Gasteiger partial charge < -0.3 is 19.9 Å². The molecule has 2 bridgehead atoms. The first-order chi connectivity index (χ1) is 20.8. The molecular formula is C34H36N4O5. The van der Waals surface area contributed by atoms with E-state index in [9.17, 15) is 14.4 Å². The van der Waals surface area contributed by atoms with Gasteiger partial charge in [-0.25, -0.2) is 0 Å². The van der Waals surface area contributed by atoms with E-state index >= 15 is 0 Å². The second-order valence-electron chi connectivity index (χ2n) is 12.5. The van der Waals surface area contributed by atoms with Gasteiger partial charge in [0, 0.05) is 18.3 Å². The van der Waals surface area contributed by atoms with Crippen LogP contribution in [0.1, 0.15) is 61.8 Å². The first-order valence-corrected chi connectivity index (χ1v) is 15.2. The Morgan fingerprint density at radius 1 is 1.00 bits per heavy atom. The normalized spacial score (nSPS) is 29.6. The van der Waals surface area contributed by atoms with Crippen molar-refractivity contribution >= 4 is 29.2 Å². The van der Waals surface area contributed by atoms with Crippen molar-refractivity contribution < 1.29 is 23.6 Å². The number of fused-ring (bicyclic) bond motifs is 1. The molecule has 43 heavy (non-hydrogen) atoms. The first-order valence-electron chi connectivity index (χ1n) is 15.2. The minimum Gasteiger partial charge on any atom is -0.360 e. The molecule has 7 rings (SSSR count). The molecule has 3 amide bonds. The van der Waals surface area contributed by atoms with Crippen LogP contribution in [0.5, 0.6) is 0 Å². The monoisotopic (exact) mass is 580 g/mol. The number of hydrogen-bond acceptors (Lipinski definition) is 6. The maximum Gasteiger partial charge on any atom is 0.246 e. The Balaban J connectivity index is 1.24. The summed E-state index contributed by atoms with van der Waals surface area (Å²) in [7, 11) is 0. The number of nitrogens with one attached hydrogen (secondary N) is 2. The molecule has 9 heteroatoms. The predicted octanol–water partition coefficient (Wildman–Crippen LogP) is 5.03. The van der Waals surface area contributed by atoms with Crippen molar-refractivity contribution in [3.8, 4) is 0 Å². The number of anilines is 2. The average Bonchev–Trinajstić information content (AvgIpc) is 3.73. The summed E-state index contributed by atoms with van der Waals surface area (Å²) in [5.41, 5.74) is 0.430. The van der Waals surface area contributed by atoms with E-state index in [0.717, 1.165) is 18.4 Å². The number of benzene rings is 2. The Kier molecular flexibility index (Phi) is 6.73. The lowest BCUT2D eigenvalue weighted by Gasteiger charge is -2.33. The van der Waals surface area contributed by atoms with Gasteiger partial charge in [-0.1, -0.05) is 79.0 Å². The van der Waals surface area contributed by atoms with Gasteiger partial charge in [0.1, 0.15) is 17.4 Å². The third-order valence-corrected chi connectivity index (χ3v) is 9.66. The molecule has 2 aromatic carbocycles. The van der Waals surface area contributed by atoms with E-state index in [-0.39, 0.29) is 17.6 Å². The third kappa shape index (κ3) is 4.57. The maximum atomic E-state index is 14.5. The standard InChI is InChI=1S/C34H36N4O5/c1-21-19-26(37-42-21)36-30(39)27-28-32(41)38(25-15-13-24(14-16-25)23-11-7-4-8-12-23)29(34(28)18-17-33(27,2)43-34)31(40)35-20-22-9-5-3-6-10-22/h3,5-6,9-10,13-19,23,27-29H,4,7-8,11-12,20H2,1-2H3,(H,35,40)(H,36,37,39)/t27-,28+,29+,33+,34+/m0/s1. The van der Waals surface area contributed by atoms with Gasteiger partial charge in [0.2, 0.25) is 17.7 Å². The van der Waals surface area contributed by atoms with E-state index in [1.165, 1.54) is 24.8 Å². The highest BCUT2D eigenvalue weighted by atomic mass is 16.5. The molecule has 9 nitrogen and oxygen atoms in total. The van der Waals surface area contributed by atoms with Crippen LogP contribution in [0, 0.1) is 18.8 Å². The van der Waals surface area contributed by atoms with Gasteiger partial charge in [0.05, 0.1) is 17.4 Å². The van der Waals surface area contributed by atoms with Crippen molar-refractivity contribution in [2.24, 2.45) is 11.8 Å². The highest BCUT2D eigenvalue weighted by molar-refractivity contribution is 6.11. The molecule has 1 aliphatic carbocycles. The average molecular weight is 581 g/mol. The third-order valence-electron chi connectivity index (χ3n) is 9.66. The molecule has 5 atom stereocenters. The largest absolute Gasteiger partial charge is 0.360 e. The fraction of sp³-hybridized carbons (Fsp3) is 0.412. The number of aryl methyl sites for hydroxylation is 1. The Morgan fingerprint density at radius 3 is 2.44 bits per heavy atom. The number of aromatic nitrogens is 1. The molecule has 1 saturated carbocycles. The number of nitrogens with zero attached hydrogens (tertiary/aromatic N) is 2. The van der Waals surface area contributed by atoms with Crippen LogP contribution in [-0.2, 0) is 25.7 Å². The van der Waals surface area contributed by atoms with Crippen LogP contribution in [0.3, 0.4) is 0 Å². The summed E-state index contributed by atoms with van der Waals surface area (Å²) in [5.74, 6) is -1.50. The molecule has 2 saturated heterocycles. The molecule has 4 aliphatic rings. The summed E-state index contributed by atoms with van der Waals surface area (Å²) >= 11 is 0. The Bertz CT molecular complexity index is 1580. The van der Waals surface area contributed by atoms with Crippen molar-refractivity contribution in [2.75, 3.05) is 10.2 Å². The lowest BCUT2D eigenvalue weighted by atomic mass is 9.70. The minimum absolute atomic E-state index is 0.268. The fourth-order valence-corrected chi connectivity index (χ4v) is 7.67. The number of carbonyl (C=O) groups excluding carboxylic acids is 3. The van der Waals surface area contributed by atoms with Crippen molar-refractivity contribution in [3.05, 3.63) is 89.7 Å². The zero-order valence-electron chi connectivity index (χ0n) is 24.4. The predicted molar refractivity (Wildman–Crippen MR) is 160 cm³/mol. The van der Waals surface area contributed by atoms with Crippen molar-refractivity contribution in [3.63, 3.8) is 0 Å². The summed E-state index contributed by atoms with van der Waals surface area (Å²) in [6.07, 6.45) is 9.70. The van der Waals surface area contributed by atoms with Crippen LogP contribution < -0.4 is 15.5 Å². The van der Waals surface area contributed by atoms with Crippen molar-refractivity contribution in [2.45, 2.75) is 75.7 Å². The fourth-order valence-electron chi connectivity index (χ4n) is 7.67. The molecule has 2 N–H and O–H groups in total. The number of amides is 3. The van der Waals surface area contributed by atoms with Crippen LogP contribution >= 0.6 is 0 Å². The van der Waals surface area contributed by atoms with Gasteiger partial charge >= 0.3 is 0 Å². The Morgan fingerprint density at radius 2 is 1.74 bits per heavy atom. The minimum atomic E-state index is -1.31. The van der Waals surface area contributed by atoms with Gasteiger partial charge in [0.15, 0.2) is 5.82 Å². The summed E-state index contributed by atoms with van der Waals surface area (Å²) in [6, 6.07) is 18.3. The molecule has 4 heterocycles. The number of carbonyl (C=O) groups is 3. The zero-order valence-corrected chi connectivity index (χ0v) is 24.4. The van der Waals surface area contributed by atoms with Gasteiger partial charge in [-0.15, -0.1) is 0 Å². The van der Waals surface area contributed by atoms with E-state index in [2.05, 4.69) is 27.9 Å². The van der Waals surface area contributed by atoms with Gasteiger partial charge in [-0.2, -0.15) is 0 Å². The molecule has 3 aromatic rings. The highest BCUT2D eigenvalue weighted by Gasteiger charge is 2.76. The van der Waals surface area contributed by atoms with E-state index in [4.69, 9.17) is 9.26 Å². The Labute approximate surface area is 250 Å². The summed E-state index contributed by atoms with van der Waals surface area (Å²) in [4.78, 5) is 43.9. The molecule has 3 aliphatic heterocycles. The Hall–Kier alpha value is -4.24. The van der Waals surface area contributed by atoms with Crippen molar-refractivity contribution in [1.82, 2.24) is 10.5 Å². The molecular weight excluding hydrogens is 544 g/mol. The molecule has 1 aromatic heterocycles. The smallest absolute Gasteiger partial charge is 0.246 e. The quantitative estimate of drug-likeness (QED) is 0.379. The highest BCUT2D eigenvalue weighted by Crippen LogP contribution is 2.60. The lowest BCUT2D eigenvalue weighted by molar-refractivity contribution is -0.131. The van der Waals surface area contributed by atoms with Gasteiger partial charge in [-0.05, 0) is 55.9 Å². The van der Waals surface area contributed by atoms with Gasteiger partial charge in [-0.3, -0.25) is 19.3 Å². The van der Waals surface area contributed by atoms with Crippen LogP contribution in [0.15, 0.2) is 77.3 Å². The van der Waals surface area contributed by atoms with Crippen LogP contribution in [0.25, 0.3) is 0 Å². The van der Waals surface area contributed by atoms with E-state index in [0.29, 0.717) is 23.9 Å². The number of ether oxygens (including phenoxy) is 1. The maximum absolute atomic E-state index is 14.5. The lowest BCUT2D eigenvalue weighted by Crippen LogP contribution is -2.54. The summed E-state index contributed by atoms with van der Waals surface area (Å²) < 4.78 is 11.8. The second kappa shape index (κ2) is 10.5. The van der Waals surface area contributed by atoms with Gasteiger partial charge in [0.25, 0.3) is 0 Å². The van der Waals surface area contributed by atoms with E-state index < -0.39 is 35.0 Å². The van der Waals surface area contributed by atoms with Crippen LogP contribution in [0.4, 0.5) is 11.5 Å². The molecule has 0 radical (unpaired) electrons. The van der Waals surface area contributed by atoms with E-state index in [1.807, 2.05) is 54.6 Å². The first kappa shape index (κ1) is 27.6. The van der Waals surface area contributed by atoms with Crippen molar-refractivity contribution in [1.29, 1.82) is 0 Å². The SMILES string of the molecule is Cc1cc(NC(=O)[C@@H]2[C@@H]3C(=O)N(c4ccc(C5CCCCC5)cc4)[C@H](C(=O)NCc4ccccc4)[C@@]34C=C[C@@]2(C)O4)no1. The zero-order chi connectivity index (χ0) is 29.8. The summed E-state index contributed by atoms with van der Waals surface area (Å²) in [6.45, 7) is 3.83. The molecule has 0 unspecified atom stereocenters.